The quantitative estimate of drug-likeness (QED) is 0.681. The Hall–Kier alpha value is -0.0800. The van der Waals surface area contributed by atoms with Crippen molar-refractivity contribution in [1.29, 1.82) is 0 Å². The summed E-state index contributed by atoms with van der Waals surface area (Å²) in [6.45, 7) is 10.2. The second-order valence-corrected chi connectivity index (χ2v) is 6.45. The van der Waals surface area contributed by atoms with Crippen LogP contribution in [0.25, 0.3) is 0 Å². The van der Waals surface area contributed by atoms with Gasteiger partial charge < -0.3 is 10.2 Å². The number of rotatable bonds is 1. The Balaban J connectivity index is 2.73. The van der Waals surface area contributed by atoms with Crippen molar-refractivity contribution in [3.63, 3.8) is 0 Å². The molecule has 14 heavy (non-hydrogen) atoms. The van der Waals surface area contributed by atoms with Gasteiger partial charge in [0, 0.05) is 5.92 Å². The molecule has 1 fully saturated rings. The fourth-order valence-corrected chi connectivity index (χ4v) is 2.40. The predicted octanol–water partition coefficient (Wildman–Crippen LogP) is 2.19. The molecule has 2 heteroatoms. The van der Waals surface area contributed by atoms with Crippen LogP contribution in [0.4, 0.5) is 0 Å². The molecule has 1 aliphatic carbocycles. The predicted molar refractivity (Wildman–Crippen MR) is 58.0 cm³/mol. The van der Waals surface area contributed by atoms with Crippen LogP contribution in [0.3, 0.4) is 0 Å². The van der Waals surface area contributed by atoms with Crippen molar-refractivity contribution in [2.24, 2.45) is 16.7 Å². The van der Waals surface area contributed by atoms with Crippen molar-refractivity contribution in [2.45, 2.75) is 59.7 Å². The lowest BCUT2D eigenvalue weighted by molar-refractivity contribution is -0.0529. The maximum Gasteiger partial charge on any atom is 0.0644 e. The zero-order valence-electron chi connectivity index (χ0n) is 10.0. The van der Waals surface area contributed by atoms with Gasteiger partial charge in [0.25, 0.3) is 0 Å². The van der Waals surface area contributed by atoms with Crippen LogP contribution >= 0.6 is 0 Å². The SMILES string of the molecule is CC(C)(C)C(O)C1CCC(C)(C)C1O. The molecule has 1 saturated carbocycles. The first-order chi connectivity index (χ1) is 6.16. The Morgan fingerprint density at radius 3 is 2.07 bits per heavy atom. The van der Waals surface area contributed by atoms with Crippen LogP contribution < -0.4 is 0 Å². The van der Waals surface area contributed by atoms with Gasteiger partial charge in [0.15, 0.2) is 0 Å². The van der Waals surface area contributed by atoms with Crippen LogP contribution in [0.5, 0.6) is 0 Å². The van der Waals surface area contributed by atoms with Gasteiger partial charge in [0.2, 0.25) is 0 Å². The highest BCUT2D eigenvalue weighted by Gasteiger charge is 2.46. The van der Waals surface area contributed by atoms with Gasteiger partial charge in [-0.3, -0.25) is 0 Å². The summed E-state index contributed by atoms with van der Waals surface area (Å²) in [6, 6.07) is 0. The minimum atomic E-state index is -0.403. The summed E-state index contributed by atoms with van der Waals surface area (Å²) in [5.74, 6) is 0.0463. The summed E-state index contributed by atoms with van der Waals surface area (Å²) in [5.41, 5.74) is -0.164. The van der Waals surface area contributed by atoms with E-state index in [1.807, 2.05) is 20.8 Å². The molecule has 0 heterocycles. The molecular weight excluding hydrogens is 176 g/mol. The average molecular weight is 200 g/mol. The maximum atomic E-state index is 10.1. The topological polar surface area (TPSA) is 40.5 Å². The van der Waals surface area contributed by atoms with E-state index in [1.54, 1.807) is 0 Å². The van der Waals surface area contributed by atoms with E-state index in [-0.39, 0.29) is 22.9 Å². The third kappa shape index (κ3) is 2.12. The minimum absolute atomic E-state index is 0.0309. The van der Waals surface area contributed by atoms with Gasteiger partial charge >= 0.3 is 0 Å². The van der Waals surface area contributed by atoms with E-state index in [2.05, 4.69) is 13.8 Å². The fourth-order valence-electron chi connectivity index (χ4n) is 2.40. The lowest BCUT2D eigenvalue weighted by atomic mass is 9.77. The highest BCUT2D eigenvalue weighted by Crippen LogP contribution is 2.45. The molecule has 0 aromatic heterocycles. The van der Waals surface area contributed by atoms with Crippen LogP contribution in [0.1, 0.15) is 47.5 Å². The molecule has 0 bridgehead atoms. The van der Waals surface area contributed by atoms with E-state index >= 15 is 0 Å². The van der Waals surface area contributed by atoms with E-state index in [9.17, 15) is 10.2 Å². The molecule has 0 aromatic rings. The number of aliphatic hydroxyl groups is 2. The second kappa shape index (κ2) is 3.49. The zero-order chi connectivity index (χ0) is 11.1. The Morgan fingerprint density at radius 1 is 1.29 bits per heavy atom. The third-order valence-corrected chi connectivity index (χ3v) is 3.62. The molecule has 1 rings (SSSR count). The van der Waals surface area contributed by atoms with Gasteiger partial charge in [-0.25, -0.2) is 0 Å². The van der Waals surface area contributed by atoms with Crippen molar-refractivity contribution in [3.05, 3.63) is 0 Å². The zero-order valence-corrected chi connectivity index (χ0v) is 10.0. The van der Waals surface area contributed by atoms with Crippen molar-refractivity contribution < 1.29 is 10.2 Å². The van der Waals surface area contributed by atoms with Crippen molar-refractivity contribution in [2.75, 3.05) is 0 Å². The van der Waals surface area contributed by atoms with Crippen molar-refractivity contribution in [3.8, 4) is 0 Å². The van der Waals surface area contributed by atoms with Crippen LogP contribution in [0, 0.1) is 16.7 Å². The lowest BCUT2D eigenvalue weighted by Crippen LogP contribution is -2.40. The van der Waals surface area contributed by atoms with Gasteiger partial charge in [-0.05, 0) is 23.7 Å². The third-order valence-electron chi connectivity index (χ3n) is 3.62. The monoisotopic (exact) mass is 200 g/mol. The molecule has 1 aliphatic rings. The Kier molecular flexibility index (Phi) is 2.99. The van der Waals surface area contributed by atoms with Crippen molar-refractivity contribution in [1.82, 2.24) is 0 Å². The molecular formula is C12H24O2. The molecule has 0 radical (unpaired) electrons. The average Bonchev–Trinajstić information content (AvgIpc) is 2.25. The van der Waals surface area contributed by atoms with Gasteiger partial charge in [0.05, 0.1) is 12.2 Å². The summed E-state index contributed by atoms with van der Waals surface area (Å²) in [5, 5.41) is 20.2. The normalized spacial score (nSPS) is 34.5. The molecule has 2 nitrogen and oxygen atoms in total. The van der Waals surface area contributed by atoms with E-state index in [4.69, 9.17) is 0 Å². The first kappa shape index (κ1) is 12.0. The summed E-state index contributed by atoms with van der Waals surface area (Å²) in [4.78, 5) is 0. The smallest absolute Gasteiger partial charge is 0.0644 e. The number of hydrogen-bond donors (Lipinski definition) is 2. The largest absolute Gasteiger partial charge is 0.392 e. The summed E-state index contributed by atoms with van der Waals surface area (Å²) in [7, 11) is 0. The van der Waals surface area contributed by atoms with Crippen molar-refractivity contribution >= 4 is 0 Å². The molecule has 2 N–H and O–H groups in total. The molecule has 0 spiro atoms. The molecule has 0 aliphatic heterocycles. The maximum absolute atomic E-state index is 10.1. The molecule has 84 valence electrons. The van der Waals surface area contributed by atoms with Gasteiger partial charge in [-0.15, -0.1) is 0 Å². The highest BCUT2D eigenvalue weighted by molar-refractivity contribution is 4.96. The fraction of sp³-hybridized carbons (Fsp3) is 1.00. The van der Waals surface area contributed by atoms with Gasteiger partial charge in [0.1, 0.15) is 0 Å². The Morgan fingerprint density at radius 2 is 1.79 bits per heavy atom. The molecule has 0 amide bonds. The van der Waals surface area contributed by atoms with E-state index in [1.165, 1.54) is 0 Å². The Labute approximate surface area is 87.3 Å². The molecule has 0 saturated heterocycles. The molecule has 3 atom stereocenters. The van der Waals surface area contributed by atoms with Gasteiger partial charge in [-0.1, -0.05) is 34.6 Å². The van der Waals surface area contributed by atoms with Crippen LogP contribution in [0.15, 0.2) is 0 Å². The number of aliphatic hydroxyl groups excluding tert-OH is 2. The van der Waals surface area contributed by atoms with E-state index in [0.29, 0.717) is 0 Å². The summed E-state index contributed by atoms with van der Waals surface area (Å²) in [6.07, 6.45) is 1.18. The molecule has 3 unspecified atom stereocenters. The Bertz CT molecular complexity index is 203. The first-order valence-corrected chi connectivity index (χ1v) is 5.52. The van der Waals surface area contributed by atoms with Gasteiger partial charge in [-0.2, -0.15) is 0 Å². The van der Waals surface area contributed by atoms with Crippen LogP contribution in [-0.4, -0.2) is 22.4 Å². The summed E-state index contributed by atoms with van der Waals surface area (Å²) >= 11 is 0. The minimum Gasteiger partial charge on any atom is -0.392 e. The number of hydrogen-bond acceptors (Lipinski definition) is 2. The van der Waals surface area contributed by atoms with Crippen LogP contribution in [-0.2, 0) is 0 Å². The first-order valence-electron chi connectivity index (χ1n) is 5.52. The van der Waals surface area contributed by atoms with Crippen LogP contribution in [0.2, 0.25) is 0 Å². The standard InChI is InChI=1S/C12H24O2/c1-11(2,3)9(13)8-6-7-12(4,5)10(8)14/h8-10,13-14H,6-7H2,1-5H3. The second-order valence-electron chi connectivity index (χ2n) is 6.45. The molecule has 0 aromatic carbocycles. The highest BCUT2D eigenvalue weighted by atomic mass is 16.3. The van der Waals surface area contributed by atoms with E-state index in [0.717, 1.165) is 12.8 Å². The summed E-state index contributed by atoms with van der Waals surface area (Å²) < 4.78 is 0. The lowest BCUT2D eigenvalue weighted by Gasteiger charge is -2.35. The van der Waals surface area contributed by atoms with E-state index < -0.39 is 6.10 Å².